The van der Waals surface area contributed by atoms with Crippen molar-refractivity contribution in [2.24, 2.45) is 5.73 Å². The third-order valence-electron chi connectivity index (χ3n) is 4.98. The van der Waals surface area contributed by atoms with Crippen molar-refractivity contribution in [1.82, 2.24) is 4.90 Å². The van der Waals surface area contributed by atoms with Gasteiger partial charge in [-0.3, -0.25) is 4.79 Å². The number of amides is 1. The Morgan fingerprint density at radius 3 is 2.47 bits per heavy atom. The second-order valence-corrected chi connectivity index (χ2v) is 7.25. The number of aryl methyl sites for hydroxylation is 1. The first-order chi connectivity index (χ1) is 14.6. The molecule has 3 N–H and O–H groups in total. The largest absolute Gasteiger partial charge is 0.504 e. The zero-order valence-electron chi connectivity index (χ0n) is 17.3. The Labute approximate surface area is 177 Å². The maximum absolute atomic E-state index is 13.1. The van der Waals surface area contributed by atoms with Gasteiger partial charge < -0.3 is 20.5 Å². The van der Waals surface area contributed by atoms with Gasteiger partial charge in [0, 0.05) is 18.7 Å². The molecule has 0 aliphatic heterocycles. The number of nitrogens with zero attached hydrogens (tertiary/aromatic N) is 1. The van der Waals surface area contributed by atoms with Crippen molar-refractivity contribution in [3.8, 4) is 11.5 Å². The van der Waals surface area contributed by atoms with Gasteiger partial charge in [0.15, 0.2) is 11.5 Å². The Kier molecular flexibility index (Phi) is 7.46. The van der Waals surface area contributed by atoms with E-state index >= 15 is 0 Å². The molecule has 0 saturated heterocycles. The first-order valence-electron chi connectivity index (χ1n) is 10.1. The van der Waals surface area contributed by atoms with Gasteiger partial charge in [-0.2, -0.15) is 0 Å². The topological polar surface area (TPSA) is 75.8 Å². The molecule has 0 unspecified atom stereocenters. The van der Waals surface area contributed by atoms with Gasteiger partial charge in [0.2, 0.25) is 0 Å². The van der Waals surface area contributed by atoms with Gasteiger partial charge in [-0.1, -0.05) is 54.6 Å². The van der Waals surface area contributed by atoms with E-state index in [9.17, 15) is 9.90 Å². The molecule has 3 rings (SSSR count). The van der Waals surface area contributed by atoms with Crippen LogP contribution >= 0.6 is 0 Å². The minimum atomic E-state index is -0.142. The van der Waals surface area contributed by atoms with Crippen LogP contribution in [0.5, 0.6) is 11.5 Å². The number of hydrogen-bond acceptors (Lipinski definition) is 4. The summed E-state index contributed by atoms with van der Waals surface area (Å²) in [6.07, 6.45) is 0.710. The second kappa shape index (κ2) is 10.5. The van der Waals surface area contributed by atoms with Gasteiger partial charge in [0.25, 0.3) is 5.91 Å². The minimum Gasteiger partial charge on any atom is -0.504 e. The Balaban J connectivity index is 1.73. The lowest BCUT2D eigenvalue weighted by Gasteiger charge is -2.24. The summed E-state index contributed by atoms with van der Waals surface area (Å²) in [4.78, 5) is 14.9. The number of aromatic hydroxyl groups is 1. The maximum Gasteiger partial charge on any atom is 0.254 e. The van der Waals surface area contributed by atoms with E-state index in [4.69, 9.17) is 10.5 Å². The number of phenolic OH excluding ortho intramolecular Hbond substituents is 1. The highest BCUT2D eigenvalue weighted by Crippen LogP contribution is 2.28. The summed E-state index contributed by atoms with van der Waals surface area (Å²) < 4.78 is 5.70. The molecule has 0 aliphatic rings. The average molecular weight is 405 g/mol. The summed E-state index contributed by atoms with van der Waals surface area (Å²) in [6.45, 7) is 3.94. The summed E-state index contributed by atoms with van der Waals surface area (Å²) in [5.41, 5.74) is 9.32. The summed E-state index contributed by atoms with van der Waals surface area (Å²) in [5.74, 6) is 0.158. The molecule has 3 aromatic rings. The SMILES string of the molecule is Cc1ccccc1CN(CCCN)C(=O)c1ccc(OCc2ccccc2)c(O)c1. The molecule has 0 fully saturated rings. The molecule has 0 atom stereocenters. The highest BCUT2D eigenvalue weighted by molar-refractivity contribution is 5.95. The number of nitrogens with two attached hydrogens (primary N) is 1. The number of ether oxygens (including phenoxy) is 1. The quantitative estimate of drug-likeness (QED) is 0.558. The molecule has 156 valence electrons. The maximum atomic E-state index is 13.1. The van der Waals surface area contributed by atoms with Crippen LogP contribution in [0.4, 0.5) is 0 Å². The third kappa shape index (κ3) is 5.61. The van der Waals surface area contributed by atoms with Gasteiger partial charge in [-0.05, 0) is 54.8 Å². The van der Waals surface area contributed by atoms with Crippen molar-refractivity contribution in [2.45, 2.75) is 26.5 Å². The average Bonchev–Trinajstić information content (AvgIpc) is 2.77. The number of hydrogen-bond donors (Lipinski definition) is 2. The number of carbonyl (C=O) groups is 1. The van der Waals surface area contributed by atoms with Gasteiger partial charge >= 0.3 is 0 Å². The van der Waals surface area contributed by atoms with E-state index < -0.39 is 0 Å². The first kappa shape index (κ1) is 21.4. The van der Waals surface area contributed by atoms with Crippen LogP contribution in [-0.4, -0.2) is 29.0 Å². The Hall–Kier alpha value is -3.31. The fourth-order valence-corrected chi connectivity index (χ4v) is 3.22. The standard InChI is InChI=1S/C25H28N2O3/c1-19-8-5-6-11-22(19)17-27(15-7-14-26)25(29)21-12-13-24(23(28)16-21)30-18-20-9-3-2-4-10-20/h2-6,8-13,16,28H,7,14-15,17-18,26H2,1H3. The predicted molar refractivity (Wildman–Crippen MR) is 118 cm³/mol. The fourth-order valence-electron chi connectivity index (χ4n) is 3.22. The zero-order valence-corrected chi connectivity index (χ0v) is 17.3. The number of rotatable bonds is 9. The second-order valence-electron chi connectivity index (χ2n) is 7.25. The monoisotopic (exact) mass is 404 g/mol. The molecule has 0 heterocycles. The molecular weight excluding hydrogens is 376 g/mol. The van der Waals surface area contributed by atoms with Gasteiger partial charge in [-0.15, -0.1) is 0 Å². The fraction of sp³-hybridized carbons (Fsp3) is 0.240. The van der Waals surface area contributed by atoms with Crippen molar-refractivity contribution in [1.29, 1.82) is 0 Å². The van der Waals surface area contributed by atoms with E-state index in [1.165, 1.54) is 6.07 Å². The number of phenols is 1. The molecule has 0 saturated carbocycles. The molecule has 0 spiro atoms. The predicted octanol–water partition coefficient (Wildman–Crippen LogP) is 4.27. The highest BCUT2D eigenvalue weighted by atomic mass is 16.5. The van der Waals surface area contributed by atoms with Crippen LogP contribution in [-0.2, 0) is 13.2 Å². The van der Waals surface area contributed by atoms with Crippen LogP contribution in [0.25, 0.3) is 0 Å². The van der Waals surface area contributed by atoms with Crippen molar-refractivity contribution in [3.05, 3.63) is 95.1 Å². The van der Waals surface area contributed by atoms with Crippen LogP contribution in [0.15, 0.2) is 72.8 Å². The lowest BCUT2D eigenvalue weighted by Crippen LogP contribution is -2.32. The van der Waals surface area contributed by atoms with E-state index in [1.807, 2.05) is 61.5 Å². The van der Waals surface area contributed by atoms with E-state index in [1.54, 1.807) is 17.0 Å². The highest BCUT2D eigenvalue weighted by Gasteiger charge is 2.18. The summed E-state index contributed by atoms with van der Waals surface area (Å²) >= 11 is 0. The summed E-state index contributed by atoms with van der Waals surface area (Å²) in [7, 11) is 0. The van der Waals surface area contributed by atoms with Crippen molar-refractivity contribution < 1.29 is 14.6 Å². The summed E-state index contributed by atoms with van der Waals surface area (Å²) in [5, 5.41) is 10.4. The molecule has 1 amide bonds. The smallest absolute Gasteiger partial charge is 0.254 e. The van der Waals surface area contributed by atoms with Crippen LogP contribution < -0.4 is 10.5 Å². The molecule has 0 aromatic heterocycles. The summed E-state index contributed by atoms with van der Waals surface area (Å²) in [6, 6.07) is 22.5. The first-order valence-corrected chi connectivity index (χ1v) is 10.1. The molecule has 3 aromatic carbocycles. The van der Waals surface area contributed by atoms with Gasteiger partial charge in [-0.25, -0.2) is 0 Å². The molecule has 5 nitrogen and oxygen atoms in total. The lowest BCUT2D eigenvalue weighted by atomic mass is 10.1. The van der Waals surface area contributed by atoms with E-state index in [2.05, 4.69) is 0 Å². The zero-order chi connectivity index (χ0) is 21.3. The number of carbonyl (C=O) groups excluding carboxylic acids is 1. The lowest BCUT2D eigenvalue weighted by molar-refractivity contribution is 0.0741. The van der Waals surface area contributed by atoms with Gasteiger partial charge in [0.1, 0.15) is 6.61 Å². The van der Waals surface area contributed by atoms with E-state index in [0.29, 0.717) is 44.0 Å². The minimum absolute atomic E-state index is 0.0496. The molecule has 5 heteroatoms. The Morgan fingerprint density at radius 1 is 1.03 bits per heavy atom. The molecule has 0 radical (unpaired) electrons. The van der Waals surface area contributed by atoms with Crippen LogP contribution in [0, 0.1) is 6.92 Å². The van der Waals surface area contributed by atoms with Crippen molar-refractivity contribution in [2.75, 3.05) is 13.1 Å². The van der Waals surface area contributed by atoms with Crippen molar-refractivity contribution in [3.63, 3.8) is 0 Å². The molecular formula is C25H28N2O3. The van der Waals surface area contributed by atoms with Crippen LogP contribution in [0.3, 0.4) is 0 Å². The molecule has 0 bridgehead atoms. The van der Waals surface area contributed by atoms with Crippen molar-refractivity contribution >= 4 is 5.91 Å². The van der Waals surface area contributed by atoms with Crippen LogP contribution in [0.1, 0.15) is 33.5 Å². The number of benzene rings is 3. The third-order valence-corrected chi connectivity index (χ3v) is 4.98. The van der Waals surface area contributed by atoms with Crippen LogP contribution in [0.2, 0.25) is 0 Å². The Bertz CT molecular complexity index is 973. The van der Waals surface area contributed by atoms with Gasteiger partial charge in [0.05, 0.1) is 0 Å². The van der Waals surface area contributed by atoms with E-state index in [0.717, 1.165) is 16.7 Å². The molecule has 0 aliphatic carbocycles. The normalized spacial score (nSPS) is 10.6. The van der Waals surface area contributed by atoms with E-state index in [-0.39, 0.29) is 11.7 Å². The molecule has 30 heavy (non-hydrogen) atoms. The Morgan fingerprint density at radius 2 is 1.77 bits per heavy atom.